The average Bonchev–Trinajstić information content (AvgIpc) is 3.14. The van der Waals surface area contributed by atoms with Gasteiger partial charge in [0.15, 0.2) is 0 Å². The minimum Gasteiger partial charge on any atom is -0.481 e. The van der Waals surface area contributed by atoms with Gasteiger partial charge in [0.25, 0.3) is 0 Å². The van der Waals surface area contributed by atoms with E-state index in [4.69, 9.17) is 5.11 Å². The molecule has 0 bridgehead atoms. The average molecular weight is 323 g/mol. The summed E-state index contributed by atoms with van der Waals surface area (Å²) in [6, 6.07) is 4.81. The van der Waals surface area contributed by atoms with Crippen LogP contribution in [0.2, 0.25) is 0 Å². The number of hydrogen-bond acceptors (Lipinski definition) is 4. The summed E-state index contributed by atoms with van der Waals surface area (Å²) in [4.78, 5) is 15.1. The fourth-order valence-corrected chi connectivity index (χ4v) is 4.21. The van der Waals surface area contributed by atoms with Crippen molar-refractivity contribution in [3.63, 3.8) is 0 Å². The van der Waals surface area contributed by atoms with E-state index in [1.165, 1.54) is 4.31 Å². The van der Waals surface area contributed by atoms with Crippen LogP contribution in [0, 0.1) is 0 Å². The topological polar surface area (TPSA) is 92.5 Å². The first-order chi connectivity index (χ1) is 10.5. The normalized spacial score (nSPS) is 16.4. The Hall–Kier alpha value is -1.93. The first kappa shape index (κ1) is 15.0. The largest absolute Gasteiger partial charge is 0.481 e. The highest BCUT2D eigenvalue weighted by Gasteiger charge is 2.27. The number of aryl methyl sites for hydroxylation is 1. The van der Waals surface area contributed by atoms with Crippen molar-refractivity contribution in [3.05, 3.63) is 24.5 Å². The highest BCUT2D eigenvalue weighted by Crippen LogP contribution is 2.24. The molecule has 0 saturated carbocycles. The van der Waals surface area contributed by atoms with E-state index in [1.54, 1.807) is 29.1 Å². The van der Waals surface area contributed by atoms with E-state index in [0.29, 0.717) is 25.2 Å². The molecule has 8 heteroatoms. The Morgan fingerprint density at radius 1 is 1.27 bits per heavy atom. The van der Waals surface area contributed by atoms with Crippen LogP contribution in [-0.2, 0) is 21.4 Å². The number of nitrogens with zero attached hydrogens (tertiary/aromatic N) is 3. The van der Waals surface area contributed by atoms with Crippen LogP contribution < -0.4 is 0 Å². The number of aliphatic carboxylic acids is 1. The zero-order valence-corrected chi connectivity index (χ0v) is 12.8. The lowest BCUT2D eigenvalue weighted by molar-refractivity contribution is -0.137. The molecule has 1 aromatic heterocycles. The minimum atomic E-state index is -3.46. The number of carboxylic acids is 1. The maximum Gasteiger partial charge on any atom is 0.305 e. The van der Waals surface area contributed by atoms with Crippen LogP contribution in [0.15, 0.2) is 29.4 Å². The van der Waals surface area contributed by atoms with Crippen molar-refractivity contribution >= 4 is 27.0 Å². The lowest BCUT2D eigenvalue weighted by Crippen LogP contribution is -2.27. The number of aromatic nitrogens is 2. The second-order valence-corrected chi connectivity index (χ2v) is 7.28. The lowest BCUT2D eigenvalue weighted by Gasteiger charge is -2.15. The molecule has 0 atom stereocenters. The van der Waals surface area contributed by atoms with Gasteiger partial charge in [-0.1, -0.05) is 0 Å². The Morgan fingerprint density at radius 2 is 2.00 bits per heavy atom. The smallest absolute Gasteiger partial charge is 0.305 e. The Balaban J connectivity index is 1.92. The van der Waals surface area contributed by atoms with E-state index in [9.17, 15) is 13.2 Å². The molecule has 1 saturated heterocycles. The van der Waals surface area contributed by atoms with Gasteiger partial charge in [0.2, 0.25) is 10.0 Å². The second kappa shape index (κ2) is 5.69. The Morgan fingerprint density at radius 3 is 2.68 bits per heavy atom. The van der Waals surface area contributed by atoms with Crippen molar-refractivity contribution < 1.29 is 18.3 Å². The maximum absolute atomic E-state index is 12.5. The van der Waals surface area contributed by atoms with Crippen LogP contribution in [0.5, 0.6) is 0 Å². The molecule has 1 aliphatic rings. The Labute approximate surface area is 128 Å². The van der Waals surface area contributed by atoms with Gasteiger partial charge in [-0.2, -0.15) is 4.31 Å². The van der Waals surface area contributed by atoms with E-state index < -0.39 is 16.0 Å². The molecule has 2 aromatic rings. The molecule has 1 N–H and O–H groups in total. The van der Waals surface area contributed by atoms with E-state index in [-0.39, 0.29) is 11.3 Å². The van der Waals surface area contributed by atoms with Gasteiger partial charge in [-0.15, -0.1) is 0 Å². The number of carboxylic acid groups (broad SMARTS) is 1. The summed E-state index contributed by atoms with van der Waals surface area (Å²) < 4.78 is 28.2. The summed E-state index contributed by atoms with van der Waals surface area (Å²) in [6.07, 6.45) is 3.33. The van der Waals surface area contributed by atoms with Gasteiger partial charge in [-0.25, -0.2) is 13.4 Å². The third kappa shape index (κ3) is 2.71. The summed E-state index contributed by atoms with van der Waals surface area (Å²) in [7, 11) is -3.46. The number of rotatable bonds is 5. The summed E-state index contributed by atoms with van der Waals surface area (Å²) in [5, 5.41) is 8.74. The van der Waals surface area contributed by atoms with E-state index in [2.05, 4.69) is 4.98 Å². The third-order valence-electron chi connectivity index (χ3n) is 3.86. The molecule has 0 unspecified atom stereocenters. The Kier molecular flexibility index (Phi) is 3.88. The number of fused-ring (bicyclic) bond motifs is 1. The highest BCUT2D eigenvalue weighted by atomic mass is 32.2. The molecule has 3 rings (SSSR count). The van der Waals surface area contributed by atoms with Gasteiger partial charge in [0.05, 0.1) is 28.7 Å². The molecule has 0 radical (unpaired) electrons. The molecule has 2 heterocycles. The van der Waals surface area contributed by atoms with Gasteiger partial charge in [-0.3, -0.25) is 4.79 Å². The number of sulfonamides is 1. The summed E-state index contributed by atoms with van der Waals surface area (Å²) in [5.74, 6) is -0.880. The molecule has 0 aliphatic carbocycles. The summed E-state index contributed by atoms with van der Waals surface area (Å²) >= 11 is 0. The van der Waals surface area contributed by atoms with Crippen molar-refractivity contribution in [1.82, 2.24) is 13.9 Å². The van der Waals surface area contributed by atoms with Gasteiger partial charge in [-0.05, 0) is 31.0 Å². The van der Waals surface area contributed by atoms with Gasteiger partial charge in [0.1, 0.15) is 0 Å². The molecule has 0 spiro atoms. The van der Waals surface area contributed by atoms with E-state index >= 15 is 0 Å². The third-order valence-corrected chi connectivity index (χ3v) is 5.76. The van der Waals surface area contributed by atoms with Crippen LogP contribution >= 0.6 is 0 Å². The van der Waals surface area contributed by atoms with Crippen molar-refractivity contribution in [1.29, 1.82) is 0 Å². The molecule has 1 aromatic carbocycles. The van der Waals surface area contributed by atoms with Crippen LogP contribution in [0.25, 0.3) is 11.0 Å². The predicted octanol–water partition coefficient (Wildman–Crippen LogP) is 1.30. The van der Waals surface area contributed by atoms with Gasteiger partial charge >= 0.3 is 5.97 Å². The standard InChI is InChI=1S/C14H17N3O4S/c18-14(19)5-8-16-10-15-12-9-11(3-4-13(12)16)22(20,21)17-6-1-2-7-17/h3-4,9-10H,1-2,5-8H2,(H,18,19). The summed E-state index contributed by atoms with van der Waals surface area (Å²) in [5.41, 5.74) is 1.30. The zero-order valence-electron chi connectivity index (χ0n) is 12.0. The van der Waals surface area contributed by atoms with Gasteiger partial charge < -0.3 is 9.67 Å². The molecular weight excluding hydrogens is 306 g/mol. The highest BCUT2D eigenvalue weighted by molar-refractivity contribution is 7.89. The van der Waals surface area contributed by atoms with Crippen molar-refractivity contribution in [2.45, 2.75) is 30.7 Å². The quantitative estimate of drug-likeness (QED) is 0.895. The number of benzene rings is 1. The Bertz CT molecular complexity index is 807. The van der Waals surface area contributed by atoms with Crippen LogP contribution in [0.1, 0.15) is 19.3 Å². The SMILES string of the molecule is O=C(O)CCn1cnc2cc(S(=O)(=O)N3CCCC3)ccc21. The lowest BCUT2D eigenvalue weighted by atomic mass is 10.3. The van der Waals surface area contributed by atoms with Crippen molar-refractivity contribution in [2.24, 2.45) is 0 Å². The van der Waals surface area contributed by atoms with Crippen molar-refractivity contribution in [3.8, 4) is 0 Å². The molecule has 22 heavy (non-hydrogen) atoms. The molecule has 1 aliphatic heterocycles. The number of hydrogen-bond donors (Lipinski definition) is 1. The summed E-state index contributed by atoms with van der Waals surface area (Å²) in [6.45, 7) is 1.44. The van der Waals surface area contributed by atoms with Crippen LogP contribution in [0.4, 0.5) is 0 Å². The monoisotopic (exact) mass is 323 g/mol. The fraction of sp³-hybridized carbons (Fsp3) is 0.429. The predicted molar refractivity (Wildman–Crippen MR) is 80.0 cm³/mol. The van der Waals surface area contributed by atoms with E-state index in [1.807, 2.05) is 0 Å². The molecule has 118 valence electrons. The maximum atomic E-state index is 12.5. The minimum absolute atomic E-state index is 0.000707. The first-order valence-corrected chi connectivity index (χ1v) is 8.59. The first-order valence-electron chi connectivity index (χ1n) is 7.15. The van der Waals surface area contributed by atoms with Crippen LogP contribution in [-0.4, -0.2) is 46.4 Å². The van der Waals surface area contributed by atoms with Crippen LogP contribution in [0.3, 0.4) is 0 Å². The number of carbonyl (C=O) groups is 1. The van der Waals surface area contributed by atoms with Gasteiger partial charge in [0, 0.05) is 19.6 Å². The van der Waals surface area contributed by atoms with Crippen molar-refractivity contribution in [2.75, 3.05) is 13.1 Å². The molecule has 7 nitrogen and oxygen atoms in total. The molecule has 0 amide bonds. The number of imidazole rings is 1. The van der Waals surface area contributed by atoms with E-state index in [0.717, 1.165) is 18.4 Å². The molecule has 1 fully saturated rings. The fourth-order valence-electron chi connectivity index (χ4n) is 2.68. The zero-order chi connectivity index (χ0) is 15.7. The second-order valence-electron chi connectivity index (χ2n) is 5.34. The molecular formula is C14H17N3O4S.